The molecule has 1 fully saturated rings. The second kappa shape index (κ2) is 7.86. The lowest BCUT2D eigenvalue weighted by Crippen LogP contribution is -2.26. The largest absolute Gasteiger partial charge is 0.468 e. The molecule has 0 unspecified atom stereocenters. The van der Waals surface area contributed by atoms with Crippen LogP contribution in [-0.4, -0.2) is 54.6 Å². The molecule has 1 saturated heterocycles. The molecule has 0 spiro atoms. The summed E-state index contributed by atoms with van der Waals surface area (Å²) in [6.45, 7) is 6.78. The molecule has 2 aromatic heterocycles. The first kappa shape index (κ1) is 18.4. The van der Waals surface area contributed by atoms with Gasteiger partial charge in [-0.2, -0.15) is 0 Å². The number of carbonyl (C=O) groups excluding carboxylic acids is 1. The standard InChI is InChI=1S/C19H26N4O3/c1-13-14(2)20-19(23-9-5-6-10-23)21-18(13)16-8-7-15(26-16)11-22(3)12-17(24)25-4/h7-8H,5-6,9-12H2,1-4H3. The Morgan fingerprint density at radius 3 is 2.69 bits per heavy atom. The van der Waals surface area contributed by atoms with Crippen molar-refractivity contribution >= 4 is 11.9 Å². The fourth-order valence-electron chi connectivity index (χ4n) is 3.11. The summed E-state index contributed by atoms with van der Waals surface area (Å²) in [6, 6.07) is 3.86. The first-order valence-electron chi connectivity index (χ1n) is 8.92. The minimum Gasteiger partial charge on any atom is -0.468 e. The first-order chi connectivity index (χ1) is 12.5. The number of hydrogen-bond acceptors (Lipinski definition) is 7. The van der Waals surface area contributed by atoms with Gasteiger partial charge >= 0.3 is 5.97 Å². The summed E-state index contributed by atoms with van der Waals surface area (Å²) in [4.78, 5) is 24.9. The first-order valence-corrected chi connectivity index (χ1v) is 8.92. The summed E-state index contributed by atoms with van der Waals surface area (Å²) in [7, 11) is 3.24. The summed E-state index contributed by atoms with van der Waals surface area (Å²) in [6.07, 6.45) is 2.37. The van der Waals surface area contributed by atoms with E-state index < -0.39 is 0 Å². The van der Waals surface area contributed by atoms with Crippen LogP contribution in [0.3, 0.4) is 0 Å². The number of aromatic nitrogens is 2. The van der Waals surface area contributed by atoms with Crippen LogP contribution < -0.4 is 4.90 Å². The van der Waals surface area contributed by atoms with Gasteiger partial charge in [0.25, 0.3) is 0 Å². The average molecular weight is 358 g/mol. The van der Waals surface area contributed by atoms with Crippen LogP contribution in [0.5, 0.6) is 0 Å². The van der Waals surface area contributed by atoms with Crippen molar-refractivity contribution in [2.75, 3.05) is 38.7 Å². The number of furan rings is 1. The van der Waals surface area contributed by atoms with E-state index in [0.717, 1.165) is 47.5 Å². The van der Waals surface area contributed by atoms with Crippen LogP contribution in [0.25, 0.3) is 11.5 Å². The van der Waals surface area contributed by atoms with Crippen molar-refractivity contribution in [3.63, 3.8) is 0 Å². The molecule has 26 heavy (non-hydrogen) atoms. The average Bonchev–Trinajstić information content (AvgIpc) is 3.29. The molecule has 1 aliphatic heterocycles. The number of aryl methyl sites for hydroxylation is 1. The van der Waals surface area contributed by atoms with Crippen LogP contribution in [-0.2, 0) is 16.1 Å². The molecule has 0 N–H and O–H groups in total. The van der Waals surface area contributed by atoms with Gasteiger partial charge in [-0.1, -0.05) is 0 Å². The lowest BCUT2D eigenvalue weighted by Gasteiger charge is -2.17. The van der Waals surface area contributed by atoms with Crippen molar-refractivity contribution in [1.82, 2.24) is 14.9 Å². The van der Waals surface area contributed by atoms with Crippen LogP contribution in [0.4, 0.5) is 5.95 Å². The van der Waals surface area contributed by atoms with Crippen molar-refractivity contribution in [3.8, 4) is 11.5 Å². The Hall–Kier alpha value is -2.41. The Morgan fingerprint density at radius 1 is 1.27 bits per heavy atom. The van der Waals surface area contributed by atoms with Gasteiger partial charge in [0.05, 0.1) is 20.2 Å². The molecule has 0 amide bonds. The van der Waals surface area contributed by atoms with Crippen molar-refractivity contribution in [1.29, 1.82) is 0 Å². The molecule has 7 nitrogen and oxygen atoms in total. The zero-order valence-corrected chi connectivity index (χ0v) is 15.9. The van der Waals surface area contributed by atoms with Crippen LogP contribution in [0, 0.1) is 13.8 Å². The number of methoxy groups -OCH3 is 1. The maximum atomic E-state index is 11.4. The number of anilines is 1. The molecule has 0 radical (unpaired) electrons. The second-order valence-electron chi connectivity index (χ2n) is 6.79. The molecule has 0 aromatic carbocycles. The topological polar surface area (TPSA) is 71.7 Å². The van der Waals surface area contributed by atoms with Crippen molar-refractivity contribution in [2.24, 2.45) is 0 Å². The zero-order chi connectivity index (χ0) is 18.7. The second-order valence-corrected chi connectivity index (χ2v) is 6.79. The highest BCUT2D eigenvalue weighted by atomic mass is 16.5. The zero-order valence-electron chi connectivity index (χ0n) is 15.9. The van der Waals surface area contributed by atoms with Crippen LogP contribution in [0.2, 0.25) is 0 Å². The third-order valence-corrected chi connectivity index (χ3v) is 4.71. The van der Waals surface area contributed by atoms with Crippen LogP contribution >= 0.6 is 0 Å². The van der Waals surface area contributed by atoms with E-state index in [9.17, 15) is 4.79 Å². The van der Waals surface area contributed by atoms with E-state index in [4.69, 9.17) is 14.1 Å². The van der Waals surface area contributed by atoms with Gasteiger partial charge in [-0.15, -0.1) is 0 Å². The van der Waals surface area contributed by atoms with Gasteiger partial charge in [0.15, 0.2) is 5.76 Å². The molecule has 140 valence electrons. The van der Waals surface area contributed by atoms with Gasteiger partial charge in [0, 0.05) is 18.8 Å². The summed E-state index contributed by atoms with van der Waals surface area (Å²) >= 11 is 0. The molecule has 0 saturated carbocycles. The molecule has 0 atom stereocenters. The normalized spacial score (nSPS) is 14.3. The summed E-state index contributed by atoms with van der Waals surface area (Å²) in [5.41, 5.74) is 2.83. The minimum absolute atomic E-state index is 0.220. The molecule has 1 aliphatic rings. The SMILES string of the molecule is COC(=O)CN(C)Cc1ccc(-c2nc(N3CCCC3)nc(C)c2C)o1. The van der Waals surface area contributed by atoms with Crippen molar-refractivity contribution in [3.05, 3.63) is 29.2 Å². The lowest BCUT2D eigenvalue weighted by atomic mass is 10.1. The van der Waals surface area contributed by atoms with E-state index in [-0.39, 0.29) is 12.5 Å². The van der Waals surface area contributed by atoms with Crippen molar-refractivity contribution < 1.29 is 13.9 Å². The number of rotatable bonds is 6. The highest BCUT2D eigenvalue weighted by Crippen LogP contribution is 2.28. The molecule has 0 bridgehead atoms. The van der Waals surface area contributed by atoms with E-state index in [1.165, 1.54) is 20.0 Å². The number of nitrogens with zero attached hydrogens (tertiary/aromatic N) is 4. The maximum Gasteiger partial charge on any atom is 0.319 e. The number of ether oxygens (including phenoxy) is 1. The Labute approximate surface area is 154 Å². The highest BCUT2D eigenvalue weighted by Gasteiger charge is 2.20. The Balaban J connectivity index is 1.81. The van der Waals surface area contributed by atoms with Crippen molar-refractivity contribution in [2.45, 2.75) is 33.2 Å². The third-order valence-electron chi connectivity index (χ3n) is 4.71. The fourth-order valence-corrected chi connectivity index (χ4v) is 3.11. The Kier molecular flexibility index (Phi) is 5.56. The van der Waals surface area contributed by atoms with E-state index in [0.29, 0.717) is 6.54 Å². The van der Waals surface area contributed by atoms with Gasteiger partial charge in [0.1, 0.15) is 11.5 Å². The third kappa shape index (κ3) is 4.04. The van der Waals surface area contributed by atoms with Crippen LogP contribution in [0.1, 0.15) is 29.9 Å². The van der Waals surface area contributed by atoms with Gasteiger partial charge in [0.2, 0.25) is 5.95 Å². The van der Waals surface area contributed by atoms with Crippen LogP contribution in [0.15, 0.2) is 16.5 Å². The van der Waals surface area contributed by atoms with E-state index in [1.54, 1.807) is 0 Å². The fraction of sp³-hybridized carbons (Fsp3) is 0.526. The monoisotopic (exact) mass is 358 g/mol. The molecule has 0 aliphatic carbocycles. The number of likely N-dealkylation sites (N-methyl/N-ethyl adjacent to an activating group) is 1. The smallest absolute Gasteiger partial charge is 0.319 e. The summed E-state index contributed by atoms with van der Waals surface area (Å²) < 4.78 is 10.7. The number of hydrogen-bond donors (Lipinski definition) is 0. The van der Waals surface area contributed by atoms with Gasteiger partial charge in [-0.25, -0.2) is 9.97 Å². The Bertz CT molecular complexity index is 781. The maximum absolute atomic E-state index is 11.4. The van der Waals surface area contributed by atoms with Gasteiger partial charge < -0.3 is 14.1 Å². The van der Waals surface area contributed by atoms with E-state index in [2.05, 4.69) is 9.88 Å². The quantitative estimate of drug-likeness (QED) is 0.735. The molecule has 3 heterocycles. The molecular weight excluding hydrogens is 332 g/mol. The highest BCUT2D eigenvalue weighted by molar-refractivity contribution is 5.71. The Morgan fingerprint density at radius 2 is 2.00 bits per heavy atom. The minimum atomic E-state index is -0.267. The number of carbonyl (C=O) groups is 1. The van der Waals surface area contributed by atoms with E-state index >= 15 is 0 Å². The molecule has 7 heteroatoms. The number of esters is 1. The van der Waals surface area contributed by atoms with Gasteiger partial charge in [-0.05, 0) is 51.4 Å². The summed E-state index contributed by atoms with van der Waals surface area (Å²) in [5, 5.41) is 0. The molecule has 2 aromatic rings. The predicted octanol–water partition coefficient (Wildman–Crippen LogP) is 2.56. The predicted molar refractivity (Wildman–Crippen MR) is 99.0 cm³/mol. The molecule has 3 rings (SSSR count). The van der Waals surface area contributed by atoms with E-state index in [1.807, 2.05) is 37.9 Å². The molecular formula is C19H26N4O3. The van der Waals surface area contributed by atoms with Gasteiger partial charge in [-0.3, -0.25) is 9.69 Å². The summed E-state index contributed by atoms with van der Waals surface area (Å²) in [5.74, 6) is 2.03. The lowest BCUT2D eigenvalue weighted by molar-refractivity contribution is -0.141.